The van der Waals surface area contributed by atoms with E-state index in [-0.39, 0.29) is 0 Å². The molecule has 66 valence electrons. The van der Waals surface area contributed by atoms with E-state index in [1.807, 2.05) is 0 Å². The van der Waals surface area contributed by atoms with Crippen LogP contribution in [0, 0.1) is 0 Å². The van der Waals surface area contributed by atoms with E-state index in [1.165, 1.54) is 16.3 Å². The van der Waals surface area contributed by atoms with Crippen molar-refractivity contribution in [3.63, 3.8) is 0 Å². The molecule has 0 aromatic heterocycles. The van der Waals surface area contributed by atoms with Crippen LogP contribution in [-0.2, 0) is 6.42 Å². The van der Waals surface area contributed by atoms with Crippen molar-refractivity contribution < 1.29 is 0 Å². The molecule has 0 spiro atoms. The molecular formula is C12H11Br. The van der Waals surface area contributed by atoms with Crippen LogP contribution < -0.4 is 0 Å². The zero-order chi connectivity index (χ0) is 9.26. The lowest BCUT2D eigenvalue weighted by Crippen LogP contribution is -1.82. The molecule has 0 amide bonds. The van der Waals surface area contributed by atoms with Crippen molar-refractivity contribution in [2.75, 3.05) is 0 Å². The third kappa shape index (κ3) is 1.61. The van der Waals surface area contributed by atoms with E-state index in [0.29, 0.717) is 0 Å². The molecule has 0 aliphatic rings. The van der Waals surface area contributed by atoms with Gasteiger partial charge >= 0.3 is 0 Å². The van der Waals surface area contributed by atoms with Gasteiger partial charge in [-0.25, -0.2) is 0 Å². The van der Waals surface area contributed by atoms with Crippen LogP contribution in [0.25, 0.3) is 10.8 Å². The zero-order valence-electron chi connectivity index (χ0n) is 7.55. The molecule has 0 radical (unpaired) electrons. The summed E-state index contributed by atoms with van der Waals surface area (Å²) in [5.41, 5.74) is 1.42. The van der Waals surface area contributed by atoms with Gasteiger partial charge in [-0.3, -0.25) is 0 Å². The number of hydrogen-bond donors (Lipinski definition) is 0. The van der Waals surface area contributed by atoms with Crippen LogP contribution in [0.3, 0.4) is 0 Å². The number of halogens is 1. The normalized spacial score (nSPS) is 10.6. The van der Waals surface area contributed by atoms with Crippen molar-refractivity contribution in [2.45, 2.75) is 13.3 Å². The Morgan fingerprint density at radius 1 is 1.15 bits per heavy atom. The first-order chi connectivity index (χ1) is 6.31. The summed E-state index contributed by atoms with van der Waals surface area (Å²) >= 11 is 3.50. The van der Waals surface area contributed by atoms with Crippen LogP contribution in [-0.4, -0.2) is 0 Å². The topological polar surface area (TPSA) is 0 Å². The maximum atomic E-state index is 3.50. The maximum absolute atomic E-state index is 3.50. The van der Waals surface area contributed by atoms with Gasteiger partial charge < -0.3 is 0 Å². The van der Waals surface area contributed by atoms with Gasteiger partial charge in [-0.15, -0.1) is 0 Å². The summed E-state index contributed by atoms with van der Waals surface area (Å²) in [6.45, 7) is 2.19. The first-order valence-electron chi connectivity index (χ1n) is 4.48. The molecule has 0 atom stereocenters. The van der Waals surface area contributed by atoms with Gasteiger partial charge in [0, 0.05) is 4.47 Å². The van der Waals surface area contributed by atoms with Crippen LogP contribution in [0.4, 0.5) is 0 Å². The number of hydrogen-bond acceptors (Lipinski definition) is 0. The predicted octanol–water partition coefficient (Wildman–Crippen LogP) is 4.16. The van der Waals surface area contributed by atoms with Gasteiger partial charge in [0.2, 0.25) is 0 Å². The fourth-order valence-corrected chi connectivity index (χ4v) is 1.98. The summed E-state index contributed by atoms with van der Waals surface area (Å²) in [7, 11) is 0. The highest BCUT2D eigenvalue weighted by molar-refractivity contribution is 9.10. The molecule has 0 unspecified atom stereocenters. The Morgan fingerprint density at radius 2 is 2.00 bits per heavy atom. The van der Waals surface area contributed by atoms with E-state index in [4.69, 9.17) is 0 Å². The summed E-state index contributed by atoms with van der Waals surface area (Å²) in [5, 5.41) is 2.68. The van der Waals surface area contributed by atoms with Crippen LogP contribution in [0.5, 0.6) is 0 Å². The smallest absolute Gasteiger partial charge is 0.0181 e. The largest absolute Gasteiger partial charge is 0.0614 e. The summed E-state index contributed by atoms with van der Waals surface area (Å²) in [5.74, 6) is 0. The minimum atomic E-state index is 1.09. The Kier molecular flexibility index (Phi) is 2.36. The van der Waals surface area contributed by atoms with Crippen molar-refractivity contribution >= 4 is 26.7 Å². The number of aryl methyl sites for hydroxylation is 1. The fraction of sp³-hybridized carbons (Fsp3) is 0.167. The Hall–Kier alpha value is -0.820. The molecule has 1 heteroatoms. The van der Waals surface area contributed by atoms with Gasteiger partial charge in [0.15, 0.2) is 0 Å². The minimum Gasteiger partial charge on any atom is -0.0614 e. The van der Waals surface area contributed by atoms with Gasteiger partial charge in [-0.1, -0.05) is 47.1 Å². The second kappa shape index (κ2) is 3.51. The average molecular weight is 235 g/mol. The summed E-state index contributed by atoms with van der Waals surface area (Å²) in [4.78, 5) is 0. The molecular weight excluding hydrogens is 224 g/mol. The molecule has 13 heavy (non-hydrogen) atoms. The van der Waals surface area contributed by atoms with Crippen LogP contribution in [0.2, 0.25) is 0 Å². The molecule has 2 aromatic rings. The number of rotatable bonds is 1. The molecule has 0 N–H and O–H groups in total. The molecule has 0 fully saturated rings. The van der Waals surface area contributed by atoms with Crippen LogP contribution in [0.1, 0.15) is 12.5 Å². The molecule has 0 bridgehead atoms. The average Bonchev–Trinajstić information content (AvgIpc) is 2.17. The van der Waals surface area contributed by atoms with Gasteiger partial charge in [-0.05, 0) is 34.9 Å². The van der Waals surface area contributed by atoms with Gasteiger partial charge in [0.05, 0.1) is 0 Å². The van der Waals surface area contributed by atoms with Crippen molar-refractivity contribution in [3.05, 3.63) is 46.4 Å². The van der Waals surface area contributed by atoms with Gasteiger partial charge in [-0.2, -0.15) is 0 Å². The summed E-state index contributed by atoms with van der Waals surface area (Å²) < 4.78 is 1.15. The highest BCUT2D eigenvalue weighted by atomic mass is 79.9. The molecule has 2 aromatic carbocycles. The molecule has 0 saturated heterocycles. The highest BCUT2D eigenvalue weighted by Gasteiger charge is 1.98. The summed E-state index contributed by atoms with van der Waals surface area (Å²) in [6.07, 6.45) is 1.09. The monoisotopic (exact) mass is 234 g/mol. The number of fused-ring (bicyclic) bond motifs is 1. The lowest BCUT2D eigenvalue weighted by Gasteiger charge is -2.03. The lowest BCUT2D eigenvalue weighted by molar-refractivity contribution is 1.16. The van der Waals surface area contributed by atoms with E-state index in [0.717, 1.165) is 10.9 Å². The first kappa shape index (κ1) is 8.76. The Bertz CT molecular complexity index is 432. The minimum absolute atomic E-state index is 1.09. The molecule has 0 nitrogen and oxygen atoms in total. The second-order valence-corrected chi connectivity index (χ2v) is 4.05. The van der Waals surface area contributed by atoms with Crippen molar-refractivity contribution in [1.82, 2.24) is 0 Å². The van der Waals surface area contributed by atoms with E-state index in [9.17, 15) is 0 Å². The van der Waals surface area contributed by atoms with Crippen molar-refractivity contribution in [2.24, 2.45) is 0 Å². The molecule has 2 rings (SSSR count). The zero-order valence-corrected chi connectivity index (χ0v) is 9.14. The molecule has 0 aliphatic heterocycles. The Balaban J connectivity index is 2.79. The standard InChI is InChI=1S/C12H11Br/c1-2-9-4-3-5-10-6-7-11(13)8-12(9)10/h3-8H,2H2,1H3. The Labute approximate surface area is 86.7 Å². The van der Waals surface area contributed by atoms with Crippen molar-refractivity contribution in [3.8, 4) is 0 Å². The quantitative estimate of drug-likeness (QED) is 0.696. The van der Waals surface area contributed by atoms with E-state index >= 15 is 0 Å². The first-order valence-corrected chi connectivity index (χ1v) is 5.27. The maximum Gasteiger partial charge on any atom is 0.0181 e. The number of benzene rings is 2. The second-order valence-electron chi connectivity index (χ2n) is 3.14. The molecule has 0 aliphatic carbocycles. The highest BCUT2D eigenvalue weighted by Crippen LogP contribution is 2.23. The SMILES string of the molecule is CCc1cccc2ccc(Br)cc12. The van der Waals surface area contributed by atoms with E-state index in [1.54, 1.807) is 0 Å². The molecule has 0 saturated carbocycles. The van der Waals surface area contributed by atoms with E-state index in [2.05, 4.69) is 59.3 Å². The third-order valence-electron chi connectivity index (χ3n) is 2.32. The third-order valence-corrected chi connectivity index (χ3v) is 2.81. The van der Waals surface area contributed by atoms with Gasteiger partial charge in [0.1, 0.15) is 0 Å². The van der Waals surface area contributed by atoms with Crippen LogP contribution in [0.15, 0.2) is 40.9 Å². The predicted molar refractivity (Wildman–Crippen MR) is 61.0 cm³/mol. The van der Waals surface area contributed by atoms with Crippen molar-refractivity contribution in [1.29, 1.82) is 0 Å². The van der Waals surface area contributed by atoms with E-state index < -0.39 is 0 Å². The summed E-state index contributed by atoms with van der Waals surface area (Å²) in [6, 6.07) is 12.9. The Morgan fingerprint density at radius 3 is 2.77 bits per heavy atom. The van der Waals surface area contributed by atoms with Gasteiger partial charge in [0.25, 0.3) is 0 Å². The molecule has 0 heterocycles. The van der Waals surface area contributed by atoms with Crippen LogP contribution >= 0.6 is 15.9 Å². The lowest BCUT2D eigenvalue weighted by atomic mass is 10.0. The fourth-order valence-electron chi connectivity index (χ4n) is 1.62.